The van der Waals surface area contributed by atoms with Gasteiger partial charge in [0.05, 0.1) is 17.0 Å². The number of halogens is 4. The minimum atomic E-state index is -4.68. The van der Waals surface area contributed by atoms with E-state index >= 15 is 0 Å². The second-order valence-electron chi connectivity index (χ2n) is 5.48. The molecular formula is C17H12ClF3N3O3S+. The highest BCUT2D eigenvalue weighted by atomic mass is 35.5. The van der Waals surface area contributed by atoms with Crippen molar-refractivity contribution >= 4 is 35.0 Å². The van der Waals surface area contributed by atoms with Crippen molar-refractivity contribution in [2.75, 3.05) is 11.1 Å². The van der Waals surface area contributed by atoms with Gasteiger partial charge in [-0.1, -0.05) is 29.8 Å². The van der Waals surface area contributed by atoms with E-state index in [1.807, 2.05) is 0 Å². The Labute approximate surface area is 165 Å². The van der Waals surface area contributed by atoms with Crippen LogP contribution in [-0.2, 0) is 11.0 Å². The van der Waals surface area contributed by atoms with E-state index in [0.717, 1.165) is 23.9 Å². The molecule has 146 valence electrons. The van der Waals surface area contributed by atoms with Crippen LogP contribution in [0.4, 0.5) is 18.9 Å². The molecule has 0 fully saturated rings. The largest absolute Gasteiger partial charge is 0.442 e. The molecule has 2 N–H and O–H groups in total. The van der Waals surface area contributed by atoms with Gasteiger partial charge < -0.3 is 5.32 Å². The lowest BCUT2D eigenvalue weighted by Gasteiger charge is -2.13. The van der Waals surface area contributed by atoms with Crippen molar-refractivity contribution < 1.29 is 27.2 Å². The van der Waals surface area contributed by atoms with E-state index in [1.165, 1.54) is 10.7 Å². The van der Waals surface area contributed by atoms with Gasteiger partial charge in [0.1, 0.15) is 0 Å². The van der Waals surface area contributed by atoms with E-state index in [-0.39, 0.29) is 15.8 Å². The first-order valence-electron chi connectivity index (χ1n) is 7.74. The SMILES string of the molecule is O=C(CSc1c(=O)o[nH][n+]1-c1ccccc1)Nc1ccc(Cl)cc1C(F)(F)F. The summed E-state index contributed by atoms with van der Waals surface area (Å²) >= 11 is 6.44. The quantitative estimate of drug-likeness (QED) is 0.478. The van der Waals surface area contributed by atoms with Crippen molar-refractivity contribution in [3.8, 4) is 5.69 Å². The van der Waals surface area contributed by atoms with Crippen molar-refractivity contribution in [3.05, 3.63) is 69.5 Å². The van der Waals surface area contributed by atoms with Crippen LogP contribution in [0.3, 0.4) is 0 Å². The standard InChI is InChI=1S/C17H11ClF3N3O3S/c18-10-6-7-13(12(8-10)17(19,20)21)22-14(25)9-28-15-16(26)27-23-24(15)11-4-2-1-3-5-11/h1-8H,9H2,(H-,22,23,25,26)/p+1. The lowest BCUT2D eigenvalue weighted by atomic mass is 10.1. The van der Waals surface area contributed by atoms with E-state index in [2.05, 4.69) is 10.6 Å². The molecule has 0 bridgehead atoms. The van der Waals surface area contributed by atoms with Crippen LogP contribution in [0.1, 0.15) is 5.56 Å². The van der Waals surface area contributed by atoms with Crippen LogP contribution in [0.5, 0.6) is 0 Å². The first kappa shape index (κ1) is 20.0. The Morgan fingerprint density at radius 2 is 1.93 bits per heavy atom. The molecule has 3 rings (SSSR count). The molecule has 11 heteroatoms. The molecule has 1 aromatic heterocycles. The summed E-state index contributed by atoms with van der Waals surface area (Å²) in [4.78, 5) is 24.0. The molecule has 0 aliphatic rings. The number of aromatic amines is 1. The number of aromatic nitrogens is 2. The van der Waals surface area contributed by atoms with Crippen LogP contribution in [0.25, 0.3) is 5.69 Å². The Morgan fingerprint density at radius 1 is 1.21 bits per heavy atom. The number of nitrogens with one attached hydrogen (secondary N) is 2. The molecule has 28 heavy (non-hydrogen) atoms. The maximum Gasteiger partial charge on any atom is 0.442 e. The number of para-hydroxylation sites is 1. The molecule has 0 spiro atoms. The van der Waals surface area contributed by atoms with Crippen LogP contribution < -0.4 is 15.6 Å². The fraction of sp³-hybridized carbons (Fsp3) is 0.118. The normalized spacial score (nSPS) is 11.4. The fourth-order valence-electron chi connectivity index (χ4n) is 2.31. The summed E-state index contributed by atoms with van der Waals surface area (Å²) in [5.74, 6) is -1.03. The van der Waals surface area contributed by atoms with Crippen LogP contribution in [0.2, 0.25) is 5.02 Å². The Kier molecular flexibility index (Phi) is 5.80. The summed E-state index contributed by atoms with van der Waals surface area (Å²) in [6.45, 7) is 0. The maximum atomic E-state index is 13.1. The number of hydrogen-bond acceptors (Lipinski definition) is 4. The van der Waals surface area contributed by atoms with E-state index in [0.29, 0.717) is 5.69 Å². The third-order valence-electron chi connectivity index (χ3n) is 3.52. The maximum absolute atomic E-state index is 13.1. The lowest BCUT2D eigenvalue weighted by molar-refractivity contribution is -0.704. The molecule has 1 amide bonds. The number of carbonyl (C=O) groups excluding carboxylic acids is 1. The third kappa shape index (κ3) is 4.57. The van der Waals surface area contributed by atoms with E-state index in [4.69, 9.17) is 16.1 Å². The number of nitrogens with zero attached hydrogens (tertiary/aromatic N) is 1. The second-order valence-corrected chi connectivity index (χ2v) is 6.88. The molecule has 0 aliphatic heterocycles. The van der Waals surface area contributed by atoms with Gasteiger partial charge in [0.25, 0.3) is 0 Å². The second kappa shape index (κ2) is 8.11. The first-order chi connectivity index (χ1) is 13.3. The van der Waals surface area contributed by atoms with Gasteiger partial charge in [-0.15, -0.1) is 0 Å². The van der Waals surface area contributed by atoms with Crippen LogP contribution in [0.15, 0.2) is 62.9 Å². The predicted molar refractivity (Wildman–Crippen MR) is 96.7 cm³/mol. The number of rotatable bonds is 5. The number of alkyl halides is 3. The van der Waals surface area contributed by atoms with E-state index in [9.17, 15) is 22.8 Å². The van der Waals surface area contributed by atoms with Crippen molar-refractivity contribution in [2.45, 2.75) is 11.2 Å². The van der Waals surface area contributed by atoms with Crippen molar-refractivity contribution in [1.29, 1.82) is 0 Å². The zero-order chi connectivity index (χ0) is 20.3. The average Bonchev–Trinajstić information content (AvgIpc) is 3.02. The highest BCUT2D eigenvalue weighted by Gasteiger charge is 2.34. The molecule has 0 unspecified atom stereocenters. The van der Waals surface area contributed by atoms with Gasteiger partial charge in [-0.2, -0.15) is 13.2 Å². The van der Waals surface area contributed by atoms with Gasteiger partial charge in [-0.25, -0.2) is 4.79 Å². The van der Waals surface area contributed by atoms with Crippen LogP contribution in [-0.4, -0.2) is 16.9 Å². The van der Waals surface area contributed by atoms with Crippen molar-refractivity contribution in [2.24, 2.45) is 0 Å². The third-order valence-corrected chi connectivity index (χ3v) is 4.79. The fourth-order valence-corrected chi connectivity index (χ4v) is 3.26. The number of H-pyrrole nitrogens is 1. The van der Waals surface area contributed by atoms with Crippen molar-refractivity contribution in [1.82, 2.24) is 5.27 Å². The smallest absolute Gasteiger partial charge is 0.325 e. The van der Waals surface area contributed by atoms with E-state index in [1.54, 1.807) is 30.3 Å². The number of benzene rings is 2. The van der Waals surface area contributed by atoms with Gasteiger partial charge in [0, 0.05) is 17.2 Å². The number of amides is 1. The molecule has 0 saturated heterocycles. The highest BCUT2D eigenvalue weighted by Crippen LogP contribution is 2.36. The molecular weight excluding hydrogens is 419 g/mol. The molecule has 2 aromatic carbocycles. The zero-order valence-electron chi connectivity index (χ0n) is 13.9. The summed E-state index contributed by atoms with van der Waals surface area (Å²) < 4.78 is 45.4. The predicted octanol–water partition coefficient (Wildman–Crippen LogP) is 3.65. The summed E-state index contributed by atoms with van der Waals surface area (Å²) in [5.41, 5.74) is -1.59. The summed E-state index contributed by atoms with van der Waals surface area (Å²) in [5, 5.41) is 4.58. The minimum absolute atomic E-state index is 0.0773. The topological polar surface area (TPSA) is 79.0 Å². The Bertz CT molecular complexity index is 1050. The molecule has 0 aliphatic carbocycles. The first-order valence-corrected chi connectivity index (χ1v) is 9.10. The van der Waals surface area contributed by atoms with Crippen molar-refractivity contribution in [3.63, 3.8) is 0 Å². The van der Waals surface area contributed by atoms with Gasteiger partial charge in [0.15, 0.2) is 0 Å². The lowest BCUT2D eigenvalue weighted by Crippen LogP contribution is -2.36. The summed E-state index contributed by atoms with van der Waals surface area (Å²) in [7, 11) is 0. The monoisotopic (exact) mass is 430 g/mol. The Hall–Kier alpha value is -2.72. The van der Waals surface area contributed by atoms with Gasteiger partial charge in [-0.3, -0.25) is 9.32 Å². The number of carbonyl (C=O) groups is 1. The van der Waals surface area contributed by atoms with Crippen LogP contribution in [0, 0.1) is 0 Å². The van der Waals surface area contributed by atoms with Gasteiger partial charge in [0.2, 0.25) is 11.6 Å². The number of thioether (sulfide) groups is 1. The summed E-state index contributed by atoms with van der Waals surface area (Å²) in [6, 6.07) is 11.7. The van der Waals surface area contributed by atoms with Gasteiger partial charge in [-0.05, 0) is 39.9 Å². The highest BCUT2D eigenvalue weighted by molar-refractivity contribution is 7.99. The molecule has 0 atom stereocenters. The minimum Gasteiger partial charge on any atom is -0.325 e. The van der Waals surface area contributed by atoms with Crippen LogP contribution >= 0.6 is 23.4 Å². The number of hydrogen-bond donors (Lipinski definition) is 2. The Morgan fingerprint density at radius 3 is 2.61 bits per heavy atom. The van der Waals surface area contributed by atoms with E-state index < -0.39 is 29.0 Å². The molecule has 0 radical (unpaired) electrons. The molecule has 0 saturated carbocycles. The summed E-state index contributed by atoms with van der Waals surface area (Å²) in [6.07, 6.45) is -4.68. The molecule has 6 nitrogen and oxygen atoms in total. The average molecular weight is 431 g/mol. The Balaban J connectivity index is 1.75. The number of anilines is 1. The molecule has 1 heterocycles. The molecule has 3 aromatic rings. The zero-order valence-corrected chi connectivity index (χ0v) is 15.5. The van der Waals surface area contributed by atoms with Gasteiger partial charge >= 0.3 is 16.8 Å².